The fourth-order valence-corrected chi connectivity index (χ4v) is 3.63. The maximum absolute atomic E-state index is 11.9. The number of anilines is 1. The molecule has 0 fully saturated rings. The summed E-state index contributed by atoms with van der Waals surface area (Å²) in [6, 6.07) is 5.67. The molecule has 1 aromatic heterocycles. The first kappa shape index (κ1) is 15.0. The summed E-state index contributed by atoms with van der Waals surface area (Å²) in [5.74, 6) is 0. The molecule has 0 radical (unpaired) electrons. The molecule has 0 saturated heterocycles. The fraction of sp³-hybridized carbons (Fsp3) is 0.412. The molecule has 22 heavy (non-hydrogen) atoms. The number of nitrogens with one attached hydrogen (secondary N) is 2. The highest BCUT2D eigenvalue weighted by Crippen LogP contribution is 2.24. The van der Waals surface area contributed by atoms with Gasteiger partial charge in [-0.3, -0.25) is 0 Å². The molecular formula is C17H21N3OS. The Morgan fingerprint density at radius 2 is 2.27 bits per heavy atom. The van der Waals surface area contributed by atoms with Crippen LogP contribution in [0.1, 0.15) is 37.1 Å². The normalized spacial score (nSPS) is 14.7. The van der Waals surface area contributed by atoms with Gasteiger partial charge in [0.25, 0.3) is 0 Å². The lowest BCUT2D eigenvalue weighted by molar-refractivity contribution is 0.252. The SMILES string of the molecule is Cc1nc2ccc(NC(=O)NCCC3=CCCCC3)cc2s1. The number of carbonyl (C=O) groups excluding carboxylic acids is 1. The zero-order valence-electron chi connectivity index (χ0n) is 12.8. The first-order valence-corrected chi connectivity index (χ1v) is 8.62. The van der Waals surface area contributed by atoms with Crippen LogP contribution in [0.5, 0.6) is 0 Å². The standard InChI is InChI=1S/C17H21N3OS/c1-12-19-15-8-7-14(11-16(15)22-12)20-17(21)18-10-9-13-5-3-2-4-6-13/h5,7-8,11H,2-4,6,9-10H2,1H3,(H2,18,20,21). The van der Waals surface area contributed by atoms with Gasteiger partial charge in [-0.15, -0.1) is 11.3 Å². The van der Waals surface area contributed by atoms with Crippen molar-refractivity contribution < 1.29 is 4.79 Å². The van der Waals surface area contributed by atoms with E-state index in [0.29, 0.717) is 6.54 Å². The van der Waals surface area contributed by atoms with E-state index in [9.17, 15) is 4.79 Å². The Morgan fingerprint density at radius 1 is 1.36 bits per heavy atom. The highest BCUT2D eigenvalue weighted by atomic mass is 32.1. The molecule has 5 heteroatoms. The summed E-state index contributed by atoms with van der Waals surface area (Å²) < 4.78 is 1.10. The number of rotatable bonds is 4. The Bertz CT molecular complexity index is 705. The molecule has 0 bridgehead atoms. The van der Waals surface area contributed by atoms with Crippen LogP contribution in [0.15, 0.2) is 29.8 Å². The second-order valence-corrected chi connectivity index (χ2v) is 6.89. The predicted molar refractivity (Wildman–Crippen MR) is 92.5 cm³/mol. The van der Waals surface area contributed by atoms with Gasteiger partial charge in [0, 0.05) is 12.2 Å². The number of amides is 2. The van der Waals surface area contributed by atoms with Crippen molar-refractivity contribution in [3.8, 4) is 0 Å². The fourth-order valence-electron chi connectivity index (χ4n) is 2.76. The van der Waals surface area contributed by atoms with Gasteiger partial charge in [-0.05, 0) is 57.2 Å². The Hall–Kier alpha value is -1.88. The maximum Gasteiger partial charge on any atom is 0.319 e. The molecule has 3 rings (SSSR count). The Labute approximate surface area is 134 Å². The topological polar surface area (TPSA) is 54.0 Å². The van der Waals surface area contributed by atoms with E-state index < -0.39 is 0 Å². The largest absolute Gasteiger partial charge is 0.338 e. The van der Waals surface area contributed by atoms with Gasteiger partial charge in [0.2, 0.25) is 0 Å². The van der Waals surface area contributed by atoms with Gasteiger partial charge < -0.3 is 10.6 Å². The summed E-state index contributed by atoms with van der Waals surface area (Å²) in [5.41, 5.74) is 3.27. The van der Waals surface area contributed by atoms with Crippen LogP contribution in [0, 0.1) is 6.92 Å². The molecule has 1 aromatic carbocycles. The van der Waals surface area contributed by atoms with Gasteiger partial charge in [0.15, 0.2) is 0 Å². The van der Waals surface area contributed by atoms with Crippen LogP contribution >= 0.6 is 11.3 Å². The Morgan fingerprint density at radius 3 is 3.09 bits per heavy atom. The van der Waals surface area contributed by atoms with Crippen molar-refractivity contribution in [1.82, 2.24) is 10.3 Å². The summed E-state index contributed by atoms with van der Waals surface area (Å²) >= 11 is 1.64. The number of allylic oxidation sites excluding steroid dienone is 1. The zero-order valence-corrected chi connectivity index (χ0v) is 13.6. The summed E-state index contributed by atoms with van der Waals surface area (Å²) in [4.78, 5) is 16.4. The second-order valence-electron chi connectivity index (χ2n) is 5.65. The molecule has 2 amide bonds. The minimum absolute atomic E-state index is 0.142. The number of benzene rings is 1. The highest BCUT2D eigenvalue weighted by molar-refractivity contribution is 7.18. The van der Waals surface area contributed by atoms with E-state index in [2.05, 4.69) is 21.7 Å². The third-order valence-corrected chi connectivity index (χ3v) is 4.80. The van der Waals surface area contributed by atoms with Crippen LogP contribution < -0.4 is 10.6 Å². The van der Waals surface area contributed by atoms with Crippen LogP contribution in [-0.4, -0.2) is 17.6 Å². The molecule has 1 aliphatic carbocycles. The van der Waals surface area contributed by atoms with E-state index >= 15 is 0 Å². The number of hydrogen-bond donors (Lipinski definition) is 2. The average Bonchev–Trinajstić information content (AvgIpc) is 2.87. The second kappa shape index (κ2) is 6.92. The lowest BCUT2D eigenvalue weighted by atomic mass is 9.97. The van der Waals surface area contributed by atoms with Gasteiger partial charge in [-0.25, -0.2) is 9.78 Å². The number of nitrogens with zero attached hydrogens (tertiary/aromatic N) is 1. The van der Waals surface area contributed by atoms with Gasteiger partial charge >= 0.3 is 6.03 Å². The minimum Gasteiger partial charge on any atom is -0.338 e. The smallest absolute Gasteiger partial charge is 0.319 e. The predicted octanol–water partition coefficient (Wildman–Crippen LogP) is 4.62. The molecule has 4 nitrogen and oxygen atoms in total. The van der Waals surface area contributed by atoms with Gasteiger partial charge in [0.05, 0.1) is 15.2 Å². The lowest BCUT2D eigenvalue weighted by Gasteiger charge is -2.13. The van der Waals surface area contributed by atoms with Crippen molar-refractivity contribution in [2.24, 2.45) is 0 Å². The van der Waals surface area contributed by atoms with Crippen molar-refractivity contribution in [1.29, 1.82) is 0 Å². The Kier molecular flexibility index (Phi) is 4.73. The molecular weight excluding hydrogens is 294 g/mol. The molecule has 1 aliphatic rings. The third kappa shape index (κ3) is 3.85. The van der Waals surface area contributed by atoms with Crippen LogP contribution in [0.3, 0.4) is 0 Å². The molecule has 0 saturated carbocycles. The summed E-state index contributed by atoms with van der Waals surface area (Å²) in [6.45, 7) is 2.68. The Balaban J connectivity index is 1.50. The molecule has 0 atom stereocenters. The van der Waals surface area contributed by atoms with Crippen molar-refractivity contribution in [2.45, 2.75) is 39.0 Å². The monoisotopic (exact) mass is 315 g/mol. The summed E-state index contributed by atoms with van der Waals surface area (Å²) in [6.07, 6.45) is 8.24. The van der Waals surface area contributed by atoms with E-state index in [-0.39, 0.29) is 6.03 Å². The van der Waals surface area contributed by atoms with Crippen LogP contribution in [0.4, 0.5) is 10.5 Å². The van der Waals surface area contributed by atoms with Crippen molar-refractivity contribution in [3.63, 3.8) is 0 Å². The van der Waals surface area contributed by atoms with Crippen LogP contribution in [0.2, 0.25) is 0 Å². The maximum atomic E-state index is 11.9. The first-order valence-electron chi connectivity index (χ1n) is 7.81. The lowest BCUT2D eigenvalue weighted by Crippen LogP contribution is -2.29. The molecule has 0 aliphatic heterocycles. The van der Waals surface area contributed by atoms with Gasteiger partial charge in [0.1, 0.15) is 0 Å². The number of carbonyl (C=O) groups is 1. The zero-order chi connectivity index (χ0) is 15.4. The van der Waals surface area contributed by atoms with Crippen LogP contribution in [0.25, 0.3) is 10.2 Å². The van der Waals surface area contributed by atoms with Crippen molar-refractivity contribution >= 4 is 33.3 Å². The number of aryl methyl sites for hydroxylation is 1. The number of hydrogen-bond acceptors (Lipinski definition) is 3. The number of urea groups is 1. The molecule has 2 aromatic rings. The van der Waals surface area contributed by atoms with E-state index in [1.165, 1.54) is 31.3 Å². The summed E-state index contributed by atoms with van der Waals surface area (Å²) in [7, 11) is 0. The highest BCUT2D eigenvalue weighted by Gasteiger charge is 2.06. The third-order valence-electron chi connectivity index (χ3n) is 3.87. The quantitative estimate of drug-likeness (QED) is 0.809. The van der Waals surface area contributed by atoms with E-state index in [1.807, 2.05) is 25.1 Å². The molecule has 0 unspecified atom stereocenters. The number of thiazole rings is 1. The molecule has 1 heterocycles. The van der Waals surface area contributed by atoms with E-state index in [1.54, 1.807) is 11.3 Å². The molecule has 0 spiro atoms. The molecule has 116 valence electrons. The summed E-state index contributed by atoms with van der Waals surface area (Å²) in [5, 5.41) is 6.86. The van der Waals surface area contributed by atoms with Gasteiger partial charge in [-0.2, -0.15) is 0 Å². The van der Waals surface area contributed by atoms with Crippen molar-refractivity contribution in [2.75, 3.05) is 11.9 Å². The first-order chi connectivity index (χ1) is 10.7. The number of aromatic nitrogens is 1. The average molecular weight is 315 g/mol. The van der Waals surface area contributed by atoms with Crippen molar-refractivity contribution in [3.05, 3.63) is 34.9 Å². The van der Waals surface area contributed by atoms with Crippen LogP contribution in [-0.2, 0) is 0 Å². The molecule has 2 N–H and O–H groups in total. The van der Waals surface area contributed by atoms with Gasteiger partial charge in [-0.1, -0.05) is 11.6 Å². The van der Waals surface area contributed by atoms with E-state index in [0.717, 1.165) is 27.3 Å². The minimum atomic E-state index is -0.142. The number of fused-ring (bicyclic) bond motifs is 1. The van der Waals surface area contributed by atoms with E-state index in [4.69, 9.17) is 0 Å².